The van der Waals surface area contributed by atoms with Crippen LogP contribution < -0.4 is 5.32 Å². The average molecular weight is 300 g/mol. The van der Waals surface area contributed by atoms with Crippen molar-refractivity contribution in [2.75, 3.05) is 26.7 Å². The molecule has 6 heteroatoms. The van der Waals surface area contributed by atoms with Crippen molar-refractivity contribution in [3.8, 4) is 0 Å². The van der Waals surface area contributed by atoms with Crippen LogP contribution in [0.15, 0.2) is 0 Å². The van der Waals surface area contributed by atoms with E-state index in [1.807, 2.05) is 20.8 Å². The molecule has 1 saturated heterocycles. The van der Waals surface area contributed by atoms with Gasteiger partial charge in [-0.15, -0.1) is 0 Å². The summed E-state index contributed by atoms with van der Waals surface area (Å²) in [6.07, 6.45) is 3.18. The van der Waals surface area contributed by atoms with Crippen molar-refractivity contribution in [1.29, 1.82) is 0 Å². The van der Waals surface area contributed by atoms with E-state index in [2.05, 4.69) is 10.1 Å². The Morgan fingerprint density at radius 3 is 2.62 bits per heavy atom. The predicted octanol–water partition coefficient (Wildman–Crippen LogP) is 1.93. The Balaban J connectivity index is 2.42. The number of amides is 1. The first-order valence-corrected chi connectivity index (χ1v) is 7.60. The lowest BCUT2D eigenvalue weighted by atomic mass is 10.0. The Hall–Kier alpha value is -1.30. The molecule has 0 bridgehead atoms. The second-order valence-electron chi connectivity index (χ2n) is 6.35. The summed E-state index contributed by atoms with van der Waals surface area (Å²) in [5.74, 6) is -0.227. The van der Waals surface area contributed by atoms with Crippen LogP contribution in [0, 0.1) is 0 Å². The fourth-order valence-corrected chi connectivity index (χ4v) is 2.33. The SMILES string of the molecule is COC(=O)CCNCC1CCCCN1C(=O)OC(C)(C)C. The van der Waals surface area contributed by atoms with Crippen LogP contribution in [0.1, 0.15) is 46.5 Å². The molecule has 1 unspecified atom stereocenters. The Morgan fingerprint density at radius 2 is 2.00 bits per heavy atom. The van der Waals surface area contributed by atoms with E-state index < -0.39 is 5.60 Å². The van der Waals surface area contributed by atoms with Crippen molar-refractivity contribution in [2.24, 2.45) is 0 Å². The maximum absolute atomic E-state index is 12.2. The van der Waals surface area contributed by atoms with Gasteiger partial charge in [0.2, 0.25) is 0 Å². The molecule has 0 aliphatic carbocycles. The van der Waals surface area contributed by atoms with Crippen LogP contribution in [0.3, 0.4) is 0 Å². The maximum Gasteiger partial charge on any atom is 0.410 e. The molecule has 1 N–H and O–H groups in total. The number of piperidine rings is 1. The monoisotopic (exact) mass is 300 g/mol. The molecule has 0 saturated carbocycles. The number of carbonyl (C=O) groups excluding carboxylic acids is 2. The quantitative estimate of drug-likeness (QED) is 0.620. The number of nitrogens with one attached hydrogen (secondary N) is 1. The van der Waals surface area contributed by atoms with Crippen molar-refractivity contribution in [3.63, 3.8) is 0 Å². The third kappa shape index (κ3) is 6.80. The Labute approximate surface area is 127 Å². The van der Waals surface area contributed by atoms with Gasteiger partial charge in [0, 0.05) is 25.7 Å². The van der Waals surface area contributed by atoms with E-state index in [1.165, 1.54) is 7.11 Å². The second-order valence-corrected chi connectivity index (χ2v) is 6.35. The minimum atomic E-state index is -0.475. The molecule has 6 nitrogen and oxygen atoms in total. The van der Waals surface area contributed by atoms with Crippen molar-refractivity contribution in [2.45, 2.75) is 58.1 Å². The summed E-state index contributed by atoms with van der Waals surface area (Å²) in [5.41, 5.74) is -0.475. The number of esters is 1. The first-order chi connectivity index (χ1) is 9.83. The lowest BCUT2D eigenvalue weighted by Crippen LogP contribution is -2.50. The van der Waals surface area contributed by atoms with Crippen LogP contribution >= 0.6 is 0 Å². The molecule has 1 fully saturated rings. The standard InChI is InChI=1S/C15H28N2O4/c1-15(2,3)21-14(19)17-10-6-5-7-12(17)11-16-9-8-13(18)20-4/h12,16H,5-11H2,1-4H3. The molecular weight excluding hydrogens is 272 g/mol. The summed E-state index contributed by atoms with van der Waals surface area (Å²) in [7, 11) is 1.38. The fourth-order valence-electron chi connectivity index (χ4n) is 2.33. The molecule has 1 rings (SSSR count). The zero-order valence-corrected chi connectivity index (χ0v) is 13.6. The van der Waals surface area contributed by atoms with Gasteiger partial charge in [0.25, 0.3) is 0 Å². The van der Waals surface area contributed by atoms with Gasteiger partial charge in [0.15, 0.2) is 0 Å². The van der Waals surface area contributed by atoms with E-state index in [0.717, 1.165) is 25.8 Å². The number of hydrogen-bond donors (Lipinski definition) is 1. The molecule has 0 aromatic carbocycles. The highest BCUT2D eigenvalue weighted by atomic mass is 16.6. The molecule has 0 radical (unpaired) electrons. The highest BCUT2D eigenvalue weighted by Gasteiger charge is 2.30. The Bertz CT molecular complexity index is 352. The van der Waals surface area contributed by atoms with E-state index >= 15 is 0 Å². The van der Waals surface area contributed by atoms with Crippen molar-refractivity contribution < 1.29 is 19.1 Å². The van der Waals surface area contributed by atoms with Crippen molar-refractivity contribution in [3.05, 3.63) is 0 Å². The number of methoxy groups -OCH3 is 1. The summed E-state index contributed by atoms with van der Waals surface area (Å²) in [6, 6.07) is 0.131. The molecule has 1 aliphatic heterocycles. The molecule has 21 heavy (non-hydrogen) atoms. The first kappa shape index (κ1) is 17.8. The second kappa shape index (κ2) is 8.22. The number of carbonyl (C=O) groups is 2. The van der Waals surface area contributed by atoms with Crippen molar-refractivity contribution in [1.82, 2.24) is 10.2 Å². The zero-order chi connectivity index (χ0) is 15.9. The van der Waals surface area contributed by atoms with E-state index in [1.54, 1.807) is 4.90 Å². The molecule has 1 aliphatic rings. The molecule has 0 spiro atoms. The third-order valence-corrected chi connectivity index (χ3v) is 3.37. The maximum atomic E-state index is 12.2. The average Bonchev–Trinajstić information content (AvgIpc) is 2.41. The molecule has 1 heterocycles. The smallest absolute Gasteiger partial charge is 0.410 e. The zero-order valence-electron chi connectivity index (χ0n) is 13.6. The fraction of sp³-hybridized carbons (Fsp3) is 0.867. The van der Waals surface area contributed by atoms with E-state index in [-0.39, 0.29) is 18.1 Å². The topological polar surface area (TPSA) is 67.9 Å². The largest absolute Gasteiger partial charge is 0.469 e. The lowest BCUT2D eigenvalue weighted by molar-refractivity contribution is -0.140. The van der Waals surface area contributed by atoms with E-state index in [4.69, 9.17) is 4.74 Å². The minimum Gasteiger partial charge on any atom is -0.469 e. The third-order valence-electron chi connectivity index (χ3n) is 3.37. The van der Waals surface area contributed by atoms with Gasteiger partial charge in [0.1, 0.15) is 5.60 Å². The van der Waals surface area contributed by atoms with Gasteiger partial charge in [-0.3, -0.25) is 4.79 Å². The summed E-state index contributed by atoms with van der Waals surface area (Å²) in [5, 5.41) is 3.22. The number of likely N-dealkylation sites (tertiary alicyclic amines) is 1. The molecule has 0 aromatic rings. The Morgan fingerprint density at radius 1 is 1.29 bits per heavy atom. The number of rotatable bonds is 5. The highest BCUT2D eigenvalue weighted by Crippen LogP contribution is 2.20. The van der Waals surface area contributed by atoms with Crippen LogP contribution in [0.25, 0.3) is 0 Å². The number of nitrogens with zero attached hydrogens (tertiary/aromatic N) is 1. The van der Waals surface area contributed by atoms with Crippen molar-refractivity contribution >= 4 is 12.1 Å². The van der Waals surface area contributed by atoms with Crippen LogP contribution in [-0.4, -0.2) is 55.3 Å². The van der Waals surface area contributed by atoms with Gasteiger partial charge in [0.05, 0.1) is 13.5 Å². The van der Waals surface area contributed by atoms with E-state index in [0.29, 0.717) is 19.5 Å². The van der Waals surface area contributed by atoms with Gasteiger partial charge in [-0.05, 0) is 40.0 Å². The van der Waals surface area contributed by atoms with Gasteiger partial charge < -0.3 is 19.7 Å². The molecule has 0 aromatic heterocycles. The van der Waals surface area contributed by atoms with Gasteiger partial charge in [-0.25, -0.2) is 4.79 Å². The van der Waals surface area contributed by atoms with Crippen LogP contribution in [0.4, 0.5) is 4.79 Å². The summed E-state index contributed by atoms with van der Waals surface area (Å²) < 4.78 is 10.0. The molecular formula is C15H28N2O4. The van der Waals surface area contributed by atoms with Crippen LogP contribution in [-0.2, 0) is 14.3 Å². The predicted molar refractivity (Wildman–Crippen MR) is 80.1 cm³/mol. The minimum absolute atomic E-state index is 0.131. The molecule has 1 amide bonds. The molecule has 122 valence electrons. The summed E-state index contributed by atoms with van der Waals surface area (Å²) >= 11 is 0. The Kier molecular flexibility index (Phi) is 6.95. The normalized spacial score (nSPS) is 19.2. The number of ether oxygens (including phenoxy) is 2. The first-order valence-electron chi connectivity index (χ1n) is 7.60. The van der Waals surface area contributed by atoms with Gasteiger partial charge in [-0.2, -0.15) is 0 Å². The van der Waals surface area contributed by atoms with E-state index in [9.17, 15) is 9.59 Å². The van der Waals surface area contributed by atoms with Crippen LogP contribution in [0.5, 0.6) is 0 Å². The summed E-state index contributed by atoms with van der Waals surface area (Å²) in [6.45, 7) is 7.59. The van der Waals surface area contributed by atoms with Gasteiger partial charge >= 0.3 is 12.1 Å². The highest BCUT2D eigenvalue weighted by molar-refractivity contribution is 5.69. The van der Waals surface area contributed by atoms with Crippen LogP contribution in [0.2, 0.25) is 0 Å². The lowest BCUT2D eigenvalue weighted by Gasteiger charge is -2.36. The number of hydrogen-bond acceptors (Lipinski definition) is 5. The molecule has 1 atom stereocenters. The van der Waals surface area contributed by atoms with Gasteiger partial charge in [-0.1, -0.05) is 0 Å². The summed E-state index contributed by atoms with van der Waals surface area (Å²) in [4.78, 5) is 25.1.